The highest BCUT2D eigenvalue weighted by atomic mass is 16.5. The smallest absolute Gasteiger partial charge is 0.203 e. The van der Waals surface area contributed by atoms with E-state index in [1.54, 1.807) is 21.3 Å². The van der Waals surface area contributed by atoms with E-state index in [0.717, 1.165) is 43.5 Å². The maximum atomic E-state index is 5.43. The molecule has 0 aliphatic carbocycles. The van der Waals surface area contributed by atoms with Gasteiger partial charge in [-0.05, 0) is 69.4 Å². The maximum Gasteiger partial charge on any atom is 0.203 e. The number of methoxy groups -OCH3 is 3. The summed E-state index contributed by atoms with van der Waals surface area (Å²) in [5.74, 6) is 3.59. The first-order chi connectivity index (χ1) is 14.1. The highest BCUT2D eigenvalue weighted by Gasteiger charge is 2.15. The van der Waals surface area contributed by atoms with E-state index in [-0.39, 0.29) is 0 Å². The highest BCUT2D eigenvalue weighted by molar-refractivity contribution is 5.79. The van der Waals surface area contributed by atoms with Gasteiger partial charge >= 0.3 is 0 Å². The van der Waals surface area contributed by atoms with E-state index >= 15 is 0 Å². The molecule has 1 aliphatic heterocycles. The minimum absolute atomic E-state index is 0.524. The van der Waals surface area contributed by atoms with Crippen LogP contribution in [-0.4, -0.2) is 64.9 Å². The lowest BCUT2D eigenvalue weighted by Crippen LogP contribution is -2.39. The summed E-state index contributed by atoms with van der Waals surface area (Å²) in [4.78, 5) is 7.28. The average molecular weight is 407 g/mol. The van der Waals surface area contributed by atoms with Crippen molar-refractivity contribution in [2.45, 2.75) is 39.7 Å². The first-order valence-electron chi connectivity index (χ1n) is 10.6. The summed E-state index contributed by atoms with van der Waals surface area (Å²) in [5, 5.41) is 6.76. The van der Waals surface area contributed by atoms with E-state index in [4.69, 9.17) is 19.2 Å². The predicted molar refractivity (Wildman–Crippen MR) is 118 cm³/mol. The minimum Gasteiger partial charge on any atom is -0.493 e. The van der Waals surface area contributed by atoms with Gasteiger partial charge in [0.25, 0.3) is 0 Å². The van der Waals surface area contributed by atoms with Crippen LogP contribution in [0.4, 0.5) is 0 Å². The molecule has 1 aromatic rings. The van der Waals surface area contributed by atoms with Crippen molar-refractivity contribution in [1.29, 1.82) is 0 Å². The Kier molecular flexibility index (Phi) is 9.91. The summed E-state index contributed by atoms with van der Waals surface area (Å²) < 4.78 is 16.2. The van der Waals surface area contributed by atoms with Crippen LogP contribution in [0.25, 0.3) is 0 Å². The lowest BCUT2D eigenvalue weighted by molar-refractivity contribution is 0.191. The minimum atomic E-state index is 0.524. The largest absolute Gasteiger partial charge is 0.493 e. The van der Waals surface area contributed by atoms with Crippen LogP contribution in [0.1, 0.15) is 38.7 Å². The standard InChI is InChI=1S/C22H38N4O3/c1-6-23-22(24-10-7-11-26-12-8-17(2)9-13-26)25-16-18-14-19(27-3)21(29-5)20(15-18)28-4/h14-15,17H,6-13,16H2,1-5H3,(H2,23,24,25). The van der Waals surface area contributed by atoms with Gasteiger partial charge in [0, 0.05) is 13.1 Å². The number of guanidine groups is 1. The van der Waals surface area contributed by atoms with Gasteiger partial charge in [-0.25, -0.2) is 4.99 Å². The molecule has 2 rings (SSSR count). The molecule has 0 spiro atoms. The Morgan fingerprint density at radius 1 is 1.07 bits per heavy atom. The maximum absolute atomic E-state index is 5.43. The fourth-order valence-electron chi connectivity index (χ4n) is 3.53. The Morgan fingerprint density at radius 2 is 1.72 bits per heavy atom. The van der Waals surface area contributed by atoms with Gasteiger partial charge in [-0.3, -0.25) is 0 Å². The third-order valence-electron chi connectivity index (χ3n) is 5.31. The second-order valence-corrected chi connectivity index (χ2v) is 7.53. The third kappa shape index (κ3) is 7.31. The molecule has 0 radical (unpaired) electrons. The van der Waals surface area contributed by atoms with Crippen LogP contribution in [0.15, 0.2) is 17.1 Å². The summed E-state index contributed by atoms with van der Waals surface area (Å²) >= 11 is 0. The van der Waals surface area contributed by atoms with Gasteiger partial charge in [0.05, 0.1) is 27.9 Å². The molecule has 2 N–H and O–H groups in total. The SMILES string of the molecule is CCNC(=NCc1cc(OC)c(OC)c(OC)c1)NCCCN1CCC(C)CC1. The van der Waals surface area contributed by atoms with Crippen molar-refractivity contribution in [2.75, 3.05) is 54.1 Å². The number of nitrogens with zero attached hydrogens (tertiary/aromatic N) is 2. The van der Waals surface area contributed by atoms with Gasteiger partial charge in [-0.2, -0.15) is 0 Å². The predicted octanol–water partition coefficient (Wildman–Crippen LogP) is 2.89. The fraction of sp³-hybridized carbons (Fsp3) is 0.682. The summed E-state index contributed by atoms with van der Waals surface area (Å²) in [6.07, 6.45) is 3.77. The number of rotatable bonds is 10. The highest BCUT2D eigenvalue weighted by Crippen LogP contribution is 2.38. The summed E-state index contributed by atoms with van der Waals surface area (Å²) in [7, 11) is 4.85. The topological polar surface area (TPSA) is 67.4 Å². The summed E-state index contributed by atoms with van der Waals surface area (Å²) in [6.45, 7) is 10.3. The van der Waals surface area contributed by atoms with Crippen LogP contribution in [0.5, 0.6) is 17.2 Å². The molecule has 164 valence electrons. The zero-order valence-electron chi connectivity index (χ0n) is 18.7. The molecule has 0 amide bonds. The van der Waals surface area contributed by atoms with Gasteiger partial charge in [0.2, 0.25) is 5.75 Å². The molecule has 0 aromatic heterocycles. The Labute approximate surface area is 175 Å². The van der Waals surface area contributed by atoms with Crippen LogP contribution < -0.4 is 24.8 Å². The zero-order chi connectivity index (χ0) is 21.1. The van der Waals surface area contributed by atoms with Crippen molar-refractivity contribution < 1.29 is 14.2 Å². The van der Waals surface area contributed by atoms with E-state index in [1.165, 1.54) is 25.9 Å². The van der Waals surface area contributed by atoms with Crippen molar-refractivity contribution in [1.82, 2.24) is 15.5 Å². The van der Waals surface area contributed by atoms with Gasteiger partial charge in [0.15, 0.2) is 17.5 Å². The monoisotopic (exact) mass is 406 g/mol. The molecule has 1 saturated heterocycles. The molecule has 0 bridgehead atoms. The number of hydrogen-bond acceptors (Lipinski definition) is 5. The number of hydrogen-bond donors (Lipinski definition) is 2. The molecule has 1 heterocycles. The van der Waals surface area contributed by atoms with Crippen LogP contribution in [-0.2, 0) is 6.54 Å². The van der Waals surface area contributed by atoms with Crippen molar-refractivity contribution in [3.63, 3.8) is 0 Å². The van der Waals surface area contributed by atoms with Crippen LogP contribution in [0.2, 0.25) is 0 Å². The molecule has 0 saturated carbocycles. The lowest BCUT2D eigenvalue weighted by Gasteiger charge is -2.30. The van der Waals surface area contributed by atoms with Crippen LogP contribution in [0, 0.1) is 5.92 Å². The zero-order valence-corrected chi connectivity index (χ0v) is 18.7. The molecular weight excluding hydrogens is 368 g/mol. The first-order valence-corrected chi connectivity index (χ1v) is 10.6. The Morgan fingerprint density at radius 3 is 2.28 bits per heavy atom. The van der Waals surface area contributed by atoms with Gasteiger partial charge < -0.3 is 29.7 Å². The van der Waals surface area contributed by atoms with Crippen LogP contribution in [0.3, 0.4) is 0 Å². The van der Waals surface area contributed by atoms with E-state index in [1.807, 2.05) is 12.1 Å². The van der Waals surface area contributed by atoms with E-state index in [2.05, 4.69) is 29.4 Å². The van der Waals surface area contributed by atoms with E-state index < -0.39 is 0 Å². The van der Waals surface area contributed by atoms with E-state index in [9.17, 15) is 0 Å². The van der Waals surface area contributed by atoms with Crippen molar-refractivity contribution in [3.8, 4) is 17.2 Å². The second-order valence-electron chi connectivity index (χ2n) is 7.53. The molecule has 1 aromatic carbocycles. The molecule has 0 atom stereocenters. The van der Waals surface area contributed by atoms with Crippen molar-refractivity contribution >= 4 is 5.96 Å². The Hall–Kier alpha value is -2.15. The molecule has 0 unspecified atom stereocenters. The second kappa shape index (κ2) is 12.4. The third-order valence-corrected chi connectivity index (χ3v) is 5.31. The van der Waals surface area contributed by atoms with Gasteiger partial charge in [-0.15, -0.1) is 0 Å². The number of piperidine rings is 1. The number of benzene rings is 1. The average Bonchev–Trinajstić information content (AvgIpc) is 2.75. The normalized spacial score (nSPS) is 15.8. The van der Waals surface area contributed by atoms with Crippen molar-refractivity contribution in [2.24, 2.45) is 10.9 Å². The molecule has 29 heavy (non-hydrogen) atoms. The first kappa shape index (κ1) is 23.1. The van der Waals surface area contributed by atoms with Crippen LogP contribution >= 0.6 is 0 Å². The molecule has 7 nitrogen and oxygen atoms in total. The number of aliphatic imine (C=N–C) groups is 1. The molecular formula is C22H38N4O3. The van der Waals surface area contributed by atoms with Crippen molar-refractivity contribution in [3.05, 3.63) is 17.7 Å². The quantitative estimate of drug-likeness (QED) is 0.354. The molecule has 1 fully saturated rings. The Bertz CT molecular complexity index is 618. The molecule has 7 heteroatoms. The summed E-state index contributed by atoms with van der Waals surface area (Å²) in [5.41, 5.74) is 0.999. The number of nitrogens with one attached hydrogen (secondary N) is 2. The van der Waals surface area contributed by atoms with E-state index in [0.29, 0.717) is 23.8 Å². The number of ether oxygens (including phenoxy) is 3. The fourth-order valence-corrected chi connectivity index (χ4v) is 3.53. The summed E-state index contributed by atoms with van der Waals surface area (Å²) in [6, 6.07) is 3.87. The van der Waals surface area contributed by atoms with Gasteiger partial charge in [0.1, 0.15) is 0 Å². The molecule has 1 aliphatic rings. The Balaban J connectivity index is 1.89. The number of likely N-dealkylation sites (tertiary alicyclic amines) is 1. The van der Waals surface area contributed by atoms with Gasteiger partial charge in [-0.1, -0.05) is 6.92 Å². The lowest BCUT2D eigenvalue weighted by atomic mass is 9.99.